The second-order valence-electron chi connectivity index (χ2n) is 3.78. The number of esters is 1. The molecule has 0 fully saturated rings. The van der Waals surface area contributed by atoms with E-state index in [1.54, 1.807) is 0 Å². The Morgan fingerprint density at radius 3 is 2.65 bits per heavy atom. The van der Waals surface area contributed by atoms with Crippen LogP contribution in [-0.4, -0.2) is 19.1 Å². The first-order valence-electron chi connectivity index (χ1n) is 5.78. The monoisotopic (exact) mass is 299 g/mol. The van der Waals surface area contributed by atoms with Crippen molar-refractivity contribution >= 4 is 21.9 Å². The van der Waals surface area contributed by atoms with Gasteiger partial charge in [0, 0.05) is 17.1 Å². The molecule has 0 aromatic heterocycles. The molecule has 1 atom stereocenters. The Labute approximate surface area is 111 Å². The largest absolute Gasteiger partial charge is 0.466 e. The molecule has 0 saturated carbocycles. The maximum atomic E-state index is 11.1. The summed E-state index contributed by atoms with van der Waals surface area (Å²) in [6, 6.07) is 8.38. The van der Waals surface area contributed by atoms with Gasteiger partial charge in [0.05, 0.1) is 13.0 Å². The highest BCUT2D eigenvalue weighted by molar-refractivity contribution is 9.10. The number of carbonyl (C=O) groups excluding carboxylic acids is 1. The Morgan fingerprint density at radius 1 is 1.41 bits per heavy atom. The lowest BCUT2D eigenvalue weighted by Gasteiger charge is -2.13. The minimum Gasteiger partial charge on any atom is -0.466 e. The van der Waals surface area contributed by atoms with Crippen molar-refractivity contribution in [2.45, 2.75) is 26.3 Å². The summed E-state index contributed by atoms with van der Waals surface area (Å²) in [6.07, 6.45) is 0.411. The fourth-order valence-corrected chi connectivity index (χ4v) is 1.76. The molecule has 0 aliphatic rings. The Kier molecular flexibility index (Phi) is 6.22. The van der Waals surface area contributed by atoms with Crippen LogP contribution in [0.5, 0.6) is 0 Å². The zero-order valence-corrected chi connectivity index (χ0v) is 11.8. The summed E-state index contributed by atoms with van der Waals surface area (Å²) in [5.41, 5.74) is 1.21. The van der Waals surface area contributed by atoms with E-state index in [4.69, 9.17) is 4.74 Å². The molecule has 0 aliphatic carbocycles. The molecule has 0 amide bonds. The third-order valence-corrected chi connectivity index (χ3v) is 2.98. The maximum Gasteiger partial charge on any atom is 0.307 e. The van der Waals surface area contributed by atoms with Crippen LogP contribution >= 0.6 is 15.9 Å². The van der Waals surface area contributed by atoms with E-state index in [-0.39, 0.29) is 12.0 Å². The van der Waals surface area contributed by atoms with Crippen LogP contribution in [0, 0.1) is 0 Å². The molecule has 0 saturated heterocycles. The second kappa shape index (κ2) is 7.45. The predicted molar refractivity (Wildman–Crippen MR) is 71.8 cm³/mol. The molecular formula is C13H18BrNO2. The van der Waals surface area contributed by atoms with Crippen LogP contribution in [0.25, 0.3) is 0 Å². The molecule has 0 radical (unpaired) electrons. The van der Waals surface area contributed by atoms with Gasteiger partial charge in [-0.2, -0.15) is 0 Å². The number of ether oxygens (including phenoxy) is 1. The fourth-order valence-electron chi connectivity index (χ4n) is 1.49. The van der Waals surface area contributed by atoms with Crippen molar-refractivity contribution in [1.82, 2.24) is 5.32 Å². The number of nitrogens with one attached hydrogen (secondary N) is 1. The zero-order valence-electron chi connectivity index (χ0n) is 10.2. The SMILES string of the molecule is CCOC(=O)CCNC(C)c1ccc(Br)cc1. The Bertz CT molecular complexity index is 351. The summed E-state index contributed by atoms with van der Waals surface area (Å²) in [5.74, 6) is -0.150. The summed E-state index contributed by atoms with van der Waals surface area (Å²) >= 11 is 3.40. The lowest BCUT2D eigenvalue weighted by atomic mass is 10.1. The summed E-state index contributed by atoms with van der Waals surface area (Å²) in [5, 5.41) is 3.29. The van der Waals surface area contributed by atoms with Gasteiger partial charge in [0.25, 0.3) is 0 Å². The first kappa shape index (κ1) is 14.2. The van der Waals surface area contributed by atoms with E-state index in [2.05, 4.69) is 40.3 Å². The molecule has 1 N–H and O–H groups in total. The lowest BCUT2D eigenvalue weighted by molar-refractivity contribution is -0.143. The van der Waals surface area contributed by atoms with Gasteiger partial charge in [-0.25, -0.2) is 0 Å². The first-order valence-corrected chi connectivity index (χ1v) is 6.57. The molecule has 3 nitrogen and oxygen atoms in total. The highest BCUT2D eigenvalue weighted by Gasteiger charge is 2.06. The van der Waals surface area contributed by atoms with Gasteiger partial charge in [-0.1, -0.05) is 28.1 Å². The van der Waals surface area contributed by atoms with Gasteiger partial charge in [0.2, 0.25) is 0 Å². The van der Waals surface area contributed by atoms with Crippen molar-refractivity contribution in [3.8, 4) is 0 Å². The van der Waals surface area contributed by atoms with Crippen LogP contribution in [0.2, 0.25) is 0 Å². The van der Waals surface area contributed by atoms with E-state index in [9.17, 15) is 4.79 Å². The zero-order chi connectivity index (χ0) is 12.7. The number of hydrogen-bond donors (Lipinski definition) is 1. The molecule has 1 rings (SSSR count). The first-order chi connectivity index (χ1) is 8.13. The van der Waals surface area contributed by atoms with E-state index in [0.717, 1.165) is 4.47 Å². The van der Waals surface area contributed by atoms with Crippen LogP contribution in [0.3, 0.4) is 0 Å². The topological polar surface area (TPSA) is 38.3 Å². The van der Waals surface area contributed by atoms with Crippen LogP contribution in [0.4, 0.5) is 0 Å². The van der Waals surface area contributed by atoms with Gasteiger partial charge in [0.1, 0.15) is 0 Å². The summed E-state index contributed by atoms with van der Waals surface area (Å²) in [7, 11) is 0. The van der Waals surface area contributed by atoms with Gasteiger partial charge in [-0.3, -0.25) is 4.79 Å². The third-order valence-electron chi connectivity index (χ3n) is 2.45. The molecule has 4 heteroatoms. The summed E-state index contributed by atoms with van der Waals surface area (Å²) in [4.78, 5) is 11.1. The van der Waals surface area contributed by atoms with E-state index < -0.39 is 0 Å². The average molecular weight is 300 g/mol. The van der Waals surface area contributed by atoms with Crippen LogP contribution in [0.1, 0.15) is 31.9 Å². The van der Waals surface area contributed by atoms with Crippen molar-refractivity contribution in [3.05, 3.63) is 34.3 Å². The molecule has 1 aromatic carbocycles. The molecule has 1 unspecified atom stereocenters. The van der Waals surface area contributed by atoms with E-state index in [1.165, 1.54) is 5.56 Å². The van der Waals surface area contributed by atoms with Crippen LogP contribution < -0.4 is 5.32 Å². The van der Waals surface area contributed by atoms with Gasteiger partial charge in [-0.05, 0) is 31.5 Å². The Morgan fingerprint density at radius 2 is 2.06 bits per heavy atom. The van der Waals surface area contributed by atoms with E-state index in [1.807, 2.05) is 19.1 Å². The van der Waals surface area contributed by atoms with Crippen molar-refractivity contribution in [2.75, 3.05) is 13.2 Å². The minimum atomic E-state index is -0.150. The number of rotatable bonds is 6. The standard InChI is InChI=1S/C13H18BrNO2/c1-3-17-13(16)8-9-15-10(2)11-4-6-12(14)7-5-11/h4-7,10,15H,3,8-9H2,1-2H3. The van der Waals surface area contributed by atoms with Gasteiger partial charge in [0.15, 0.2) is 0 Å². The predicted octanol–water partition coefficient (Wildman–Crippen LogP) is 3.05. The van der Waals surface area contributed by atoms with Crippen molar-refractivity contribution in [1.29, 1.82) is 0 Å². The second-order valence-corrected chi connectivity index (χ2v) is 4.70. The lowest BCUT2D eigenvalue weighted by Crippen LogP contribution is -2.22. The molecule has 17 heavy (non-hydrogen) atoms. The highest BCUT2D eigenvalue weighted by atomic mass is 79.9. The Hall–Kier alpha value is -0.870. The van der Waals surface area contributed by atoms with Gasteiger partial charge in [-0.15, -0.1) is 0 Å². The van der Waals surface area contributed by atoms with Gasteiger partial charge >= 0.3 is 5.97 Å². The molecule has 0 heterocycles. The molecule has 0 aliphatic heterocycles. The molecule has 0 bridgehead atoms. The fraction of sp³-hybridized carbons (Fsp3) is 0.462. The highest BCUT2D eigenvalue weighted by Crippen LogP contribution is 2.16. The van der Waals surface area contributed by atoms with Crippen LogP contribution in [0.15, 0.2) is 28.7 Å². The van der Waals surface area contributed by atoms with Crippen LogP contribution in [-0.2, 0) is 9.53 Å². The van der Waals surface area contributed by atoms with Crippen molar-refractivity contribution < 1.29 is 9.53 Å². The molecular weight excluding hydrogens is 282 g/mol. The number of benzene rings is 1. The summed E-state index contributed by atoms with van der Waals surface area (Å²) < 4.78 is 5.93. The molecule has 0 spiro atoms. The maximum absolute atomic E-state index is 11.1. The molecule has 94 valence electrons. The normalized spacial score (nSPS) is 12.2. The molecule has 1 aromatic rings. The Balaban J connectivity index is 2.32. The van der Waals surface area contributed by atoms with E-state index >= 15 is 0 Å². The van der Waals surface area contributed by atoms with Gasteiger partial charge < -0.3 is 10.1 Å². The smallest absolute Gasteiger partial charge is 0.307 e. The van der Waals surface area contributed by atoms with Crippen molar-refractivity contribution in [2.24, 2.45) is 0 Å². The minimum absolute atomic E-state index is 0.150. The van der Waals surface area contributed by atoms with E-state index in [0.29, 0.717) is 19.6 Å². The number of hydrogen-bond acceptors (Lipinski definition) is 3. The third kappa shape index (κ3) is 5.33. The number of halogens is 1. The summed E-state index contributed by atoms with van der Waals surface area (Å²) in [6.45, 7) is 4.97. The average Bonchev–Trinajstić information content (AvgIpc) is 2.30. The number of carbonyl (C=O) groups is 1. The van der Waals surface area contributed by atoms with Crippen molar-refractivity contribution in [3.63, 3.8) is 0 Å². The quantitative estimate of drug-likeness (QED) is 0.821.